The summed E-state index contributed by atoms with van der Waals surface area (Å²) < 4.78 is 1.08. The van der Waals surface area contributed by atoms with Crippen molar-refractivity contribution in [3.63, 3.8) is 0 Å². The van der Waals surface area contributed by atoms with Crippen molar-refractivity contribution in [3.8, 4) is 0 Å². The van der Waals surface area contributed by atoms with Gasteiger partial charge in [0.15, 0.2) is 0 Å². The Kier molecular flexibility index (Phi) is 2.82. The van der Waals surface area contributed by atoms with Crippen LogP contribution >= 0.6 is 11.3 Å². The van der Waals surface area contributed by atoms with Crippen molar-refractivity contribution in [1.82, 2.24) is 4.98 Å². The minimum atomic E-state index is -0.675. The molecule has 0 saturated heterocycles. The predicted octanol–water partition coefficient (Wildman–Crippen LogP) is 3.58. The fourth-order valence-corrected chi connectivity index (χ4v) is 3.65. The van der Waals surface area contributed by atoms with E-state index in [9.17, 15) is 9.90 Å². The molecule has 1 aromatic heterocycles. The molecule has 18 heavy (non-hydrogen) atoms. The highest BCUT2D eigenvalue weighted by atomic mass is 32.1. The summed E-state index contributed by atoms with van der Waals surface area (Å²) in [6, 6.07) is 5.91. The fraction of sp³-hybridized carbons (Fsp3) is 0.429. The number of hydrogen-bond donors (Lipinski definition) is 1. The first-order valence-electron chi connectivity index (χ1n) is 6.29. The lowest BCUT2D eigenvalue weighted by Crippen LogP contribution is -2.37. The lowest BCUT2D eigenvalue weighted by Gasteiger charge is -2.33. The van der Waals surface area contributed by atoms with Gasteiger partial charge in [-0.05, 0) is 30.5 Å². The Morgan fingerprint density at radius 2 is 2.06 bits per heavy atom. The summed E-state index contributed by atoms with van der Waals surface area (Å²) in [4.78, 5) is 16.0. The maximum atomic E-state index is 11.7. The zero-order valence-electron chi connectivity index (χ0n) is 10.1. The monoisotopic (exact) mass is 261 g/mol. The van der Waals surface area contributed by atoms with Crippen molar-refractivity contribution in [2.75, 3.05) is 0 Å². The molecule has 0 atom stereocenters. The van der Waals surface area contributed by atoms with Gasteiger partial charge >= 0.3 is 5.97 Å². The van der Waals surface area contributed by atoms with Gasteiger partial charge in [0.2, 0.25) is 0 Å². The summed E-state index contributed by atoms with van der Waals surface area (Å²) in [5.41, 5.74) is 3.05. The van der Waals surface area contributed by atoms with Crippen LogP contribution in [0, 0.1) is 0 Å². The maximum absolute atomic E-state index is 11.7. The molecule has 3 rings (SSSR count). The number of carboxylic acids is 1. The van der Waals surface area contributed by atoms with E-state index in [1.807, 2.05) is 23.7 Å². The largest absolute Gasteiger partial charge is 0.481 e. The van der Waals surface area contributed by atoms with E-state index in [-0.39, 0.29) is 0 Å². The third-order valence-corrected chi connectivity index (χ3v) is 4.79. The number of carboxylic acid groups (broad SMARTS) is 1. The lowest BCUT2D eigenvalue weighted by atomic mass is 9.69. The van der Waals surface area contributed by atoms with Gasteiger partial charge in [0.1, 0.15) is 0 Å². The van der Waals surface area contributed by atoms with Gasteiger partial charge in [0, 0.05) is 0 Å². The van der Waals surface area contributed by atoms with Gasteiger partial charge in [0.25, 0.3) is 0 Å². The molecular weight excluding hydrogens is 246 g/mol. The summed E-state index contributed by atoms with van der Waals surface area (Å²) in [6.45, 7) is 0. The number of rotatable bonds is 2. The van der Waals surface area contributed by atoms with Crippen LogP contribution in [0.1, 0.15) is 37.7 Å². The van der Waals surface area contributed by atoms with Crippen LogP contribution in [0.2, 0.25) is 0 Å². The third-order valence-electron chi connectivity index (χ3n) is 4.00. The number of aliphatic carboxylic acids is 1. The number of fused-ring (bicyclic) bond motifs is 1. The van der Waals surface area contributed by atoms with Crippen molar-refractivity contribution in [1.29, 1.82) is 0 Å². The zero-order valence-corrected chi connectivity index (χ0v) is 10.9. The van der Waals surface area contributed by atoms with Crippen LogP contribution in [-0.2, 0) is 10.2 Å². The molecule has 3 nitrogen and oxygen atoms in total. The average molecular weight is 261 g/mol. The van der Waals surface area contributed by atoms with Crippen LogP contribution in [0.4, 0.5) is 0 Å². The van der Waals surface area contributed by atoms with Gasteiger partial charge in [-0.1, -0.05) is 25.3 Å². The van der Waals surface area contributed by atoms with Gasteiger partial charge in [-0.15, -0.1) is 11.3 Å². The first-order chi connectivity index (χ1) is 8.72. The van der Waals surface area contributed by atoms with Crippen molar-refractivity contribution >= 4 is 27.5 Å². The van der Waals surface area contributed by atoms with Crippen molar-refractivity contribution < 1.29 is 9.90 Å². The molecule has 4 heteroatoms. The second kappa shape index (κ2) is 4.35. The molecule has 1 heterocycles. The zero-order chi connectivity index (χ0) is 12.6. The molecule has 1 fully saturated rings. The van der Waals surface area contributed by atoms with E-state index in [0.717, 1.165) is 47.9 Å². The molecule has 0 unspecified atom stereocenters. The van der Waals surface area contributed by atoms with Crippen molar-refractivity contribution in [2.24, 2.45) is 0 Å². The molecule has 0 spiro atoms. The predicted molar refractivity (Wildman–Crippen MR) is 72.0 cm³/mol. The van der Waals surface area contributed by atoms with E-state index in [2.05, 4.69) is 4.98 Å². The maximum Gasteiger partial charge on any atom is 0.314 e. The van der Waals surface area contributed by atoms with Crippen LogP contribution < -0.4 is 0 Å². The number of hydrogen-bond acceptors (Lipinski definition) is 3. The Morgan fingerprint density at radius 1 is 1.28 bits per heavy atom. The van der Waals surface area contributed by atoms with E-state index >= 15 is 0 Å². The molecule has 0 amide bonds. The smallest absolute Gasteiger partial charge is 0.314 e. The standard InChI is InChI=1S/C14H15NO2S/c16-13(17)14(6-2-1-3-7-14)10-4-5-11-12(8-10)18-9-15-11/h4-5,8-9H,1-3,6-7H2,(H,16,17). The SMILES string of the molecule is O=C(O)C1(c2ccc3ncsc3c2)CCCCC1. The summed E-state index contributed by atoms with van der Waals surface area (Å²) in [5.74, 6) is -0.675. The van der Waals surface area contributed by atoms with Gasteiger partial charge in [-0.2, -0.15) is 0 Å². The Morgan fingerprint density at radius 3 is 2.78 bits per heavy atom. The molecule has 1 saturated carbocycles. The molecule has 1 N–H and O–H groups in total. The van der Waals surface area contributed by atoms with E-state index < -0.39 is 11.4 Å². The van der Waals surface area contributed by atoms with Gasteiger partial charge in [-0.3, -0.25) is 4.79 Å². The van der Waals surface area contributed by atoms with Crippen LogP contribution in [-0.4, -0.2) is 16.1 Å². The second-order valence-corrected chi connectivity index (χ2v) is 5.87. The summed E-state index contributed by atoms with van der Waals surface area (Å²) in [5, 5.41) is 9.65. The lowest BCUT2D eigenvalue weighted by molar-refractivity contribution is -0.145. The summed E-state index contributed by atoms with van der Waals surface area (Å²) in [6.07, 6.45) is 4.68. The molecule has 94 valence electrons. The normalized spacial score (nSPS) is 18.9. The van der Waals surface area contributed by atoms with E-state index in [0.29, 0.717) is 0 Å². The van der Waals surface area contributed by atoms with Crippen molar-refractivity contribution in [3.05, 3.63) is 29.3 Å². The first kappa shape index (κ1) is 11.7. The topological polar surface area (TPSA) is 50.2 Å². The van der Waals surface area contributed by atoms with E-state index in [4.69, 9.17) is 0 Å². The van der Waals surface area contributed by atoms with Crippen LogP contribution in [0.3, 0.4) is 0 Å². The van der Waals surface area contributed by atoms with Gasteiger partial charge in [0.05, 0.1) is 21.1 Å². The average Bonchev–Trinajstić information content (AvgIpc) is 2.86. The first-order valence-corrected chi connectivity index (χ1v) is 7.17. The number of thiazole rings is 1. The number of aromatic nitrogens is 1. The quantitative estimate of drug-likeness (QED) is 0.898. The molecular formula is C14H15NO2S. The third kappa shape index (κ3) is 1.72. The highest BCUT2D eigenvalue weighted by Crippen LogP contribution is 2.40. The molecule has 2 aromatic rings. The van der Waals surface area contributed by atoms with Gasteiger partial charge < -0.3 is 5.11 Å². The Hall–Kier alpha value is -1.42. The summed E-state index contributed by atoms with van der Waals surface area (Å²) in [7, 11) is 0. The molecule has 0 bridgehead atoms. The minimum absolute atomic E-state index is 0.670. The molecule has 0 radical (unpaired) electrons. The van der Waals surface area contributed by atoms with Crippen LogP contribution in [0.15, 0.2) is 23.7 Å². The second-order valence-electron chi connectivity index (χ2n) is 4.98. The van der Waals surface area contributed by atoms with Gasteiger partial charge in [-0.25, -0.2) is 4.98 Å². The summed E-state index contributed by atoms with van der Waals surface area (Å²) >= 11 is 1.57. The highest BCUT2D eigenvalue weighted by molar-refractivity contribution is 7.16. The number of carbonyl (C=O) groups is 1. The Balaban J connectivity index is 2.11. The van der Waals surface area contributed by atoms with Crippen molar-refractivity contribution in [2.45, 2.75) is 37.5 Å². The number of benzene rings is 1. The molecule has 1 aliphatic rings. The highest BCUT2D eigenvalue weighted by Gasteiger charge is 2.41. The Labute approximate surface area is 109 Å². The van der Waals surface area contributed by atoms with Crippen LogP contribution in [0.25, 0.3) is 10.2 Å². The van der Waals surface area contributed by atoms with E-state index in [1.54, 1.807) is 11.3 Å². The minimum Gasteiger partial charge on any atom is -0.481 e. The number of nitrogens with zero attached hydrogens (tertiary/aromatic N) is 1. The van der Waals surface area contributed by atoms with E-state index in [1.165, 1.54) is 0 Å². The Bertz CT molecular complexity index is 584. The van der Waals surface area contributed by atoms with Crippen LogP contribution in [0.5, 0.6) is 0 Å². The molecule has 1 aromatic carbocycles. The molecule has 1 aliphatic carbocycles. The molecule has 0 aliphatic heterocycles. The fourth-order valence-electron chi connectivity index (χ4n) is 2.93.